The first-order valence-electron chi connectivity index (χ1n) is 9.07. The lowest BCUT2D eigenvalue weighted by Gasteiger charge is -2.38. The van der Waals surface area contributed by atoms with E-state index >= 15 is 0 Å². The lowest BCUT2D eigenvalue weighted by Crippen LogP contribution is -2.40. The molecule has 3 unspecified atom stereocenters. The number of aromatic nitrogens is 2. The van der Waals surface area contributed by atoms with Gasteiger partial charge in [0.2, 0.25) is 0 Å². The molecule has 7 heteroatoms. The van der Waals surface area contributed by atoms with Gasteiger partial charge in [-0.3, -0.25) is 4.79 Å². The number of rotatable bonds is 2. The largest absolute Gasteiger partial charge is 0.380 e. The number of aromatic amines is 1. The molecule has 1 saturated heterocycles. The number of anilines is 1. The monoisotopic (exact) mass is 384 g/mol. The summed E-state index contributed by atoms with van der Waals surface area (Å²) in [5.41, 5.74) is 1.93. The Morgan fingerprint density at radius 2 is 2.07 bits per heavy atom. The van der Waals surface area contributed by atoms with Crippen LogP contribution in [-0.2, 0) is 0 Å². The second-order valence-electron chi connectivity index (χ2n) is 7.24. The van der Waals surface area contributed by atoms with E-state index < -0.39 is 11.4 Å². The van der Waals surface area contributed by atoms with Crippen LogP contribution in [0.5, 0.6) is 0 Å². The molecule has 1 fully saturated rings. The van der Waals surface area contributed by atoms with Gasteiger partial charge in [-0.25, -0.2) is 9.49 Å². The van der Waals surface area contributed by atoms with Gasteiger partial charge in [-0.15, -0.1) is 0 Å². The van der Waals surface area contributed by atoms with E-state index in [-0.39, 0.29) is 12.0 Å². The summed E-state index contributed by atoms with van der Waals surface area (Å²) >= 11 is 6.54. The van der Waals surface area contributed by atoms with Crippen LogP contribution in [0.15, 0.2) is 41.2 Å². The summed E-state index contributed by atoms with van der Waals surface area (Å²) in [4.78, 5) is 12.3. The first-order valence-corrected chi connectivity index (χ1v) is 9.45. The van der Waals surface area contributed by atoms with Gasteiger partial charge in [-0.1, -0.05) is 29.8 Å². The maximum atomic E-state index is 14.2. The zero-order chi connectivity index (χ0) is 18.5. The molecule has 0 aliphatic carbocycles. The predicted molar refractivity (Wildman–Crippen MR) is 104 cm³/mol. The highest BCUT2D eigenvalue weighted by molar-refractivity contribution is 6.31. The Bertz CT molecular complexity index is 1090. The standard InChI is InChI=1S/C20H18ClFN4O/c21-14-4-2-1-3-12(14)17-18(10-5-6-23-9-10)24-15-8-11(22)7-13-16(15)19(17)25-26-20(13)27/h1-4,7-8,10,17-18,23-24H,5-6,9H2,(H,26,27). The Hall–Kier alpha value is -2.44. The van der Waals surface area contributed by atoms with Gasteiger partial charge in [0, 0.05) is 22.1 Å². The van der Waals surface area contributed by atoms with Gasteiger partial charge in [-0.2, -0.15) is 5.10 Å². The van der Waals surface area contributed by atoms with E-state index in [2.05, 4.69) is 20.8 Å². The quantitative estimate of drug-likeness (QED) is 0.634. The molecule has 3 aromatic rings. The summed E-state index contributed by atoms with van der Waals surface area (Å²) in [6, 6.07) is 10.4. The normalized spacial score (nSPS) is 24.1. The van der Waals surface area contributed by atoms with Crippen LogP contribution in [0.1, 0.15) is 23.6 Å². The topological polar surface area (TPSA) is 69.8 Å². The van der Waals surface area contributed by atoms with Crippen molar-refractivity contribution in [2.75, 3.05) is 18.4 Å². The third kappa shape index (κ3) is 2.63. The average molecular weight is 385 g/mol. The van der Waals surface area contributed by atoms with Gasteiger partial charge < -0.3 is 10.6 Å². The number of hydrogen-bond donors (Lipinski definition) is 3. The number of H-pyrrole nitrogens is 1. The van der Waals surface area contributed by atoms with Crippen LogP contribution < -0.4 is 16.2 Å². The van der Waals surface area contributed by atoms with E-state index in [0.717, 1.165) is 30.8 Å². The highest BCUT2D eigenvalue weighted by Gasteiger charge is 2.40. The fraction of sp³-hybridized carbons (Fsp3) is 0.300. The van der Waals surface area contributed by atoms with Gasteiger partial charge in [0.25, 0.3) is 5.56 Å². The third-order valence-electron chi connectivity index (χ3n) is 5.70. The summed E-state index contributed by atoms with van der Waals surface area (Å²) in [7, 11) is 0. The van der Waals surface area contributed by atoms with Gasteiger partial charge in [-0.05, 0) is 49.2 Å². The molecule has 5 rings (SSSR count). The molecule has 27 heavy (non-hydrogen) atoms. The van der Waals surface area contributed by atoms with E-state index in [4.69, 9.17) is 11.6 Å². The van der Waals surface area contributed by atoms with Gasteiger partial charge in [0.05, 0.1) is 17.0 Å². The first kappa shape index (κ1) is 16.7. The average Bonchev–Trinajstić information content (AvgIpc) is 3.19. The maximum Gasteiger partial charge on any atom is 0.272 e. The molecule has 3 atom stereocenters. The van der Waals surface area contributed by atoms with E-state index in [1.165, 1.54) is 12.1 Å². The van der Waals surface area contributed by atoms with Crippen LogP contribution in [0.25, 0.3) is 10.8 Å². The van der Waals surface area contributed by atoms with Crippen LogP contribution >= 0.6 is 11.6 Å². The number of nitrogens with one attached hydrogen (secondary N) is 3. The summed E-state index contributed by atoms with van der Waals surface area (Å²) in [5.74, 6) is -0.237. The minimum absolute atomic E-state index is 0.00389. The predicted octanol–water partition coefficient (Wildman–Crippen LogP) is 3.25. The molecule has 2 aromatic carbocycles. The third-order valence-corrected chi connectivity index (χ3v) is 6.05. The smallest absolute Gasteiger partial charge is 0.272 e. The summed E-state index contributed by atoms with van der Waals surface area (Å²) in [5, 5.41) is 15.5. The van der Waals surface area contributed by atoms with Crippen molar-refractivity contribution in [2.24, 2.45) is 5.92 Å². The second-order valence-corrected chi connectivity index (χ2v) is 7.64. The zero-order valence-electron chi connectivity index (χ0n) is 14.4. The van der Waals surface area contributed by atoms with Crippen molar-refractivity contribution in [1.82, 2.24) is 15.5 Å². The Morgan fingerprint density at radius 1 is 1.22 bits per heavy atom. The summed E-state index contributed by atoms with van der Waals surface area (Å²) in [6.07, 6.45) is 1.01. The van der Waals surface area contributed by atoms with Crippen LogP contribution in [0.4, 0.5) is 10.1 Å². The van der Waals surface area contributed by atoms with Crippen molar-refractivity contribution >= 4 is 28.1 Å². The summed E-state index contributed by atoms with van der Waals surface area (Å²) < 4.78 is 14.2. The van der Waals surface area contributed by atoms with Crippen LogP contribution in [0.2, 0.25) is 5.02 Å². The van der Waals surface area contributed by atoms with Crippen molar-refractivity contribution in [3.8, 4) is 0 Å². The van der Waals surface area contributed by atoms with Crippen molar-refractivity contribution in [3.05, 3.63) is 68.8 Å². The van der Waals surface area contributed by atoms with Crippen molar-refractivity contribution in [1.29, 1.82) is 0 Å². The number of hydrogen-bond acceptors (Lipinski definition) is 4. The lowest BCUT2D eigenvalue weighted by molar-refractivity contribution is 0.435. The molecule has 138 valence electrons. The Labute approximate surface area is 159 Å². The van der Waals surface area contributed by atoms with E-state index in [1.54, 1.807) is 0 Å². The van der Waals surface area contributed by atoms with E-state index in [0.29, 0.717) is 27.4 Å². The lowest BCUT2D eigenvalue weighted by atomic mass is 9.77. The minimum Gasteiger partial charge on any atom is -0.380 e. The van der Waals surface area contributed by atoms with Crippen molar-refractivity contribution < 1.29 is 4.39 Å². The Balaban J connectivity index is 1.80. The molecule has 0 spiro atoms. The molecule has 3 heterocycles. The number of nitrogens with zero attached hydrogens (tertiary/aromatic N) is 1. The molecule has 1 aromatic heterocycles. The van der Waals surface area contributed by atoms with Crippen molar-refractivity contribution in [2.45, 2.75) is 18.4 Å². The highest BCUT2D eigenvalue weighted by atomic mass is 35.5. The highest BCUT2D eigenvalue weighted by Crippen LogP contribution is 2.44. The van der Waals surface area contributed by atoms with Gasteiger partial charge >= 0.3 is 0 Å². The molecule has 5 nitrogen and oxygen atoms in total. The van der Waals surface area contributed by atoms with E-state index in [1.807, 2.05) is 24.3 Å². The fourth-order valence-corrected chi connectivity index (χ4v) is 4.76. The number of halogens is 2. The molecule has 3 N–H and O–H groups in total. The SMILES string of the molecule is O=c1[nH]nc2c3c(cc(F)cc13)NC(C1CCNC1)C2c1ccccc1Cl. The molecule has 2 aliphatic heterocycles. The van der Waals surface area contributed by atoms with Gasteiger partial charge in [0.1, 0.15) is 5.82 Å². The fourth-order valence-electron chi connectivity index (χ4n) is 4.50. The molecule has 0 saturated carbocycles. The molecule has 0 radical (unpaired) electrons. The van der Waals surface area contributed by atoms with Crippen molar-refractivity contribution in [3.63, 3.8) is 0 Å². The Kier molecular flexibility index (Phi) is 3.91. The second kappa shape index (κ2) is 6.32. The molecule has 0 bridgehead atoms. The van der Waals surface area contributed by atoms with Crippen LogP contribution in [0, 0.1) is 11.7 Å². The molecule has 2 aliphatic rings. The van der Waals surface area contributed by atoms with Crippen LogP contribution in [-0.4, -0.2) is 29.3 Å². The first-order chi connectivity index (χ1) is 13.1. The minimum atomic E-state index is -0.438. The number of benzene rings is 2. The zero-order valence-corrected chi connectivity index (χ0v) is 15.2. The van der Waals surface area contributed by atoms with Gasteiger partial charge in [0.15, 0.2) is 0 Å². The maximum absolute atomic E-state index is 14.2. The molecule has 0 amide bonds. The summed E-state index contributed by atoms with van der Waals surface area (Å²) in [6.45, 7) is 1.82. The molecular formula is C20H18ClFN4O. The van der Waals surface area contributed by atoms with E-state index in [9.17, 15) is 9.18 Å². The molecular weight excluding hydrogens is 367 g/mol. The Morgan fingerprint density at radius 3 is 2.85 bits per heavy atom. The van der Waals surface area contributed by atoms with Crippen LogP contribution in [0.3, 0.4) is 0 Å².